The van der Waals surface area contributed by atoms with Gasteiger partial charge in [-0.05, 0) is 74.1 Å². The van der Waals surface area contributed by atoms with Crippen molar-refractivity contribution in [3.63, 3.8) is 0 Å². The van der Waals surface area contributed by atoms with Crippen LogP contribution in [0.25, 0.3) is 16.8 Å². The van der Waals surface area contributed by atoms with Crippen LogP contribution in [0.15, 0.2) is 48.5 Å². The normalized spacial score (nSPS) is 20.6. The molecule has 0 radical (unpaired) electrons. The Morgan fingerprint density at radius 2 is 1.85 bits per heavy atom. The van der Waals surface area contributed by atoms with Crippen LogP contribution < -0.4 is 20.5 Å². The summed E-state index contributed by atoms with van der Waals surface area (Å²) < 4.78 is 71.1. The van der Waals surface area contributed by atoms with Crippen LogP contribution in [0, 0.1) is 11.7 Å². The maximum Gasteiger partial charge on any atom is 0.424 e. The van der Waals surface area contributed by atoms with Gasteiger partial charge in [0, 0.05) is 28.7 Å². The molecule has 7 rings (SSSR count). The minimum absolute atomic E-state index is 0.0140. The molecule has 0 saturated heterocycles. The molecule has 1 unspecified atom stereocenters. The van der Waals surface area contributed by atoms with E-state index in [4.69, 9.17) is 15.2 Å². The van der Waals surface area contributed by atoms with Crippen LogP contribution in [-0.4, -0.2) is 58.0 Å². The van der Waals surface area contributed by atoms with Gasteiger partial charge in [-0.2, -0.15) is 18.3 Å². The molecule has 2 amide bonds. The third kappa shape index (κ3) is 4.73. The summed E-state index contributed by atoms with van der Waals surface area (Å²) in [6.07, 6.45) is -2.17. The average molecular weight is 640 g/mol. The molecule has 4 N–H and O–H groups in total. The van der Waals surface area contributed by atoms with E-state index in [-0.39, 0.29) is 46.5 Å². The molecule has 2 saturated carbocycles. The molecule has 2 fully saturated rings. The number of amides is 2. The molecule has 46 heavy (non-hydrogen) atoms. The van der Waals surface area contributed by atoms with Crippen molar-refractivity contribution in [2.75, 3.05) is 20.3 Å². The molecule has 0 spiro atoms. The van der Waals surface area contributed by atoms with E-state index >= 15 is 0 Å². The summed E-state index contributed by atoms with van der Waals surface area (Å²) in [5, 5.41) is 18.1. The van der Waals surface area contributed by atoms with E-state index in [2.05, 4.69) is 15.4 Å². The highest BCUT2D eigenvalue weighted by Crippen LogP contribution is 2.56. The average Bonchev–Trinajstić information content (AvgIpc) is 3.97. The topological polar surface area (TPSA) is 141 Å². The first-order valence-electron chi connectivity index (χ1n) is 14.8. The number of aliphatic hydroxyl groups is 1. The van der Waals surface area contributed by atoms with Crippen LogP contribution in [0.1, 0.15) is 58.9 Å². The highest BCUT2D eigenvalue weighted by molar-refractivity contribution is 5.96. The first-order chi connectivity index (χ1) is 21.9. The molecule has 0 bridgehead atoms. The number of pyridine rings is 2. The van der Waals surface area contributed by atoms with Crippen molar-refractivity contribution in [3.05, 3.63) is 76.9 Å². The predicted octanol–water partition coefficient (Wildman–Crippen LogP) is 4.13. The van der Waals surface area contributed by atoms with E-state index in [1.165, 1.54) is 35.9 Å². The molecule has 10 nitrogen and oxygen atoms in total. The minimum atomic E-state index is -5.34. The van der Waals surface area contributed by atoms with Crippen LogP contribution in [0.2, 0.25) is 0 Å². The number of nitrogens with zero attached hydrogens (tertiary/aromatic N) is 3. The number of nitrogens with two attached hydrogens (primary N) is 1. The third-order valence-electron chi connectivity index (χ3n) is 9.14. The molecule has 2 atom stereocenters. The number of methoxy groups -OCH3 is 1. The molecule has 14 heteroatoms. The van der Waals surface area contributed by atoms with Crippen molar-refractivity contribution in [1.29, 1.82) is 0 Å². The Bertz CT molecular complexity index is 1890. The Kier molecular flexibility index (Phi) is 6.78. The number of rotatable bonds is 9. The zero-order valence-corrected chi connectivity index (χ0v) is 24.5. The van der Waals surface area contributed by atoms with Gasteiger partial charge in [-0.25, -0.2) is 13.9 Å². The summed E-state index contributed by atoms with van der Waals surface area (Å²) in [6, 6.07) is 10.4. The van der Waals surface area contributed by atoms with E-state index in [0.717, 1.165) is 36.7 Å². The number of carbonyl (C=O) groups excluding carboxylic acids is 2. The van der Waals surface area contributed by atoms with Gasteiger partial charge in [0.1, 0.15) is 29.3 Å². The van der Waals surface area contributed by atoms with Gasteiger partial charge >= 0.3 is 6.18 Å². The summed E-state index contributed by atoms with van der Waals surface area (Å²) in [6.45, 7) is -1.54. The quantitative estimate of drug-likeness (QED) is 0.234. The van der Waals surface area contributed by atoms with Crippen molar-refractivity contribution in [2.45, 2.75) is 48.8 Å². The lowest BCUT2D eigenvalue weighted by Gasteiger charge is -2.32. The predicted molar refractivity (Wildman–Crippen MR) is 155 cm³/mol. The lowest BCUT2D eigenvalue weighted by atomic mass is 9.76. The Balaban J connectivity index is 1.29. The Morgan fingerprint density at radius 1 is 1.13 bits per heavy atom. The van der Waals surface area contributed by atoms with Gasteiger partial charge in [-0.15, -0.1) is 0 Å². The molecular weight excluding hydrogens is 610 g/mol. The van der Waals surface area contributed by atoms with Crippen LogP contribution >= 0.6 is 0 Å². The molecule has 4 aromatic rings. The van der Waals surface area contributed by atoms with Gasteiger partial charge in [0.05, 0.1) is 30.6 Å². The number of halogens is 4. The van der Waals surface area contributed by atoms with E-state index < -0.39 is 47.1 Å². The number of fused-ring (bicyclic) bond motifs is 2. The van der Waals surface area contributed by atoms with Crippen molar-refractivity contribution in [3.8, 4) is 22.9 Å². The van der Waals surface area contributed by atoms with Gasteiger partial charge in [-0.3, -0.25) is 9.59 Å². The summed E-state index contributed by atoms with van der Waals surface area (Å²) >= 11 is 0. The summed E-state index contributed by atoms with van der Waals surface area (Å²) in [5.41, 5.74) is 1.24. The number of hydrogen-bond donors (Lipinski definition) is 3. The smallest absolute Gasteiger partial charge is 0.424 e. The minimum Gasteiger partial charge on any atom is -0.489 e. The monoisotopic (exact) mass is 639 g/mol. The molecule has 3 aromatic heterocycles. The number of ether oxygens (including phenoxy) is 2. The summed E-state index contributed by atoms with van der Waals surface area (Å²) in [7, 11) is 1.38. The highest BCUT2D eigenvalue weighted by atomic mass is 19.4. The second kappa shape index (κ2) is 10.4. The SMILES string of the molecule is COc1cc(C(=O)NCC(O)(c2cc3c(c(-c4ccc(F)cc4)n2)OC[C@@]3(C(N)=O)C2CC2)C(F)(F)F)cc2cc(C3CC3)nn12. The van der Waals surface area contributed by atoms with Gasteiger partial charge in [0.15, 0.2) is 0 Å². The standard InChI is InChI=1S/C32H29F4N5O5/c1-45-25-11-18(10-21-12-23(16-2-3-16)40-41(21)25)28(42)38-14-31(44,32(34,35)36)24-13-22-27(26(39-24)17-4-8-20(33)9-5-17)46-15-30(22,29(37)43)19-6-7-19/h4-5,8-13,16,19,44H,2-3,6-7,14-15H2,1H3,(H2,37,43)(H,38,42)/t30-,31?/m1/s1. The molecule has 240 valence electrons. The first kappa shape index (κ1) is 30.0. The van der Waals surface area contributed by atoms with Crippen molar-refractivity contribution in [1.82, 2.24) is 19.9 Å². The zero-order valence-electron chi connectivity index (χ0n) is 24.5. The fourth-order valence-corrected chi connectivity index (χ4v) is 6.20. The van der Waals surface area contributed by atoms with E-state index in [1.807, 2.05) is 0 Å². The second-order valence-corrected chi connectivity index (χ2v) is 12.1. The highest BCUT2D eigenvalue weighted by Gasteiger charge is 2.60. The van der Waals surface area contributed by atoms with Gasteiger partial charge in [0.25, 0.3) is 5.91 Å². The molecule has 2 aliphatic carbocycles. The number of nitrogens with one attached hydrogen (secondary N) is 1. The van der Waals surface area contributed by atoms with Crippen LogP contribution in [0.4, 0.5) is 17.6 Å². The number of hydrogen-bond acceptors (Lipinski definition) is 7. The zero-order chi connectivity index (χ0) is 32.6. The molecule has 3 aliphatic rings. The van der Waals surface area contributed by atoms with Crippen molar-refractivity contribution in [2.24, 2.45) is 11.7 Å². The lowest BCUT2D eigenvalue weighted by molar-refractivity contribution is -0.265. The molecule has 4 heterocycles. The maximum absolute atomic E-state index is 14.9. The van der Waals surface area contributed by atoms with Crippen LogP contribution in [0.3, 0.4) is 0 Å². The molecule has 1 aliphatic heterocycles. The van der Waals surface area contributed by atoms with Gasteiger partial charge in [0.2, 0.25) is 17.4 Å². The molecular formula is C32H29F4N5O5. The summed E-state index contributed by atoms with van der Waals surface area (Å²) in [5.74, 6) is -2.03. The van der Waals surface area contributed by atoms with Crippen molar-refractivity contribution >= 4 is 17.3 Å². The summed E-state index contributed by atoms with van der Waals surface area (Å²) in [4.78, 5) is 30.4. The molecule has 1 aromatic carbocycles. The number of carbonyl (C=O) groups is 2. The Labute approximate surface area is 259 Å². The van der Waals surface area contributed by atoms with Gasteiger partial charge < -0.3 is 25.6 Å². The van der Waals surface area contributed by atoms with Gasteiger partial charge in [-0.1, -0.05) is 0 Å². The van der Waals surface area contributed by atoms with Crippen LogP contribution in [0.5, 0.6) is 11.6 Å². The number of aromatic nitrogens is 3. The van der Waals surface area contributed by atoms with E-state index in [9.17, 15) is 32.3 Å². The van der Waals surface area contributed by atoms with Crippen LogP contribution in [-0.2, 0) is 15.8 Å². The Morgan fingerprint density at radius 3 is 2.46 bits per heavy atom. The van der Waals surface area contributed by atoms with Crippen molar-refractivity contribution < 1.29 is 41.7 Å². The Hall–Kier alpha value is -4.72. The third-order valence-corrected chi connectivity index (χ3v) is 9.14. The maximum atomic E-state index is 14.9. The fourth-order valence-electron chi connectivity index (χ4n) is 6.20. The number of primary amides is 1. The fraction of sp³-hybridized carbons (Fsp3) is 0.375. The largest absolute Gasteiger partial charge is 0.489 e. The van der Waals surface area contributed by atoms with E-state index in [1.54, 1.807) is 6.07 Å². The lowest BCUT2D eigenvalue weighted by Crippen LogP contribution is -2.52. The number of alkyl halides is 3. The first-order valence-corrected chi connectivity index (χ1v) is 14.8. The number of benzene rings is 1. The second-order valence-electron chi connectivity index (χ2n) is 12.1. The van der Waals surface area contributed by atoms with E-state index in [0.29, 0.717) is 24.3 Å².